The van der Waals surface area contributed by atoms with Gasteiger partial charge in [0.25, 0.3) is 0 Å². The number of halogens is 3. The molecule has 1 aromatic heterocycles. The Balaban J connectivity index is 2.68. The molecule has 0 atom stereocenters. The van der Waals surface area contributed by atoms with Gasteiger partial charge in [-0.15, -0.1) is 0 Å². The average Bonchev–Trinajstić information content (AvgIpc) is 2.14. The molecule has 3 nitrogen and oxygen atoms in total. The first-order valence-electron chi connectivity index (χ1n) is 4.44. The van der Waals surface area contributed by atoms with Crippen molar-refractivity contribution in [2.45, 2.75) is 26.4 Å². The van der Waals surface area contributed by atoms with E-state index in [-0.39, 0.29) is 6.01 Å². The summed E-state index contributed by atoms with van der Waals surface area (Å²) in [5.74, 6) is 0. The van der Waals surface area contributed by atoms with Gasteiger partial charge in [-0.1, -0.05) is 6.92 Å². The van der Waals surface area contributed by atoms with Crippen molar-refractivity contribution < 1.29 is 17.9 Å². The minimum absolute atomic E-state index is 0.234. The number of alkyl halides is 3. The van der Waals surface area contributed by atoms with Crippen LogP contribution < -0.4 is 4.74 Å². The zero-order chi connectivity index (χ0) is 11.5. The van der Waals surface area contributed by atoms with E-state index < -0.39 is 12.8 Å². The third-order valence-electron chi connectivity index (χ3n) is 1.80. The van der Waals surface area contributed by atoms with Crippen LogP contribution in [-0.2, 0) is 6.42 Å². The molecule has 15 heavy (non-hydrogen) atoms. The van der Waals surface area contributed by atoms with Gasteiger partial charge in [0.2, 0.25) is 0 Å². The summed E-state index contributed by atoms with van der Waals surface area (Å²) < 4.78 is 39.8. The van der Waals surface area contributed by atoms with Crippen LogP contribution >= 0.6 is 0 Å². The SMILES string of the molecule is CCc1cnc(OCC(F)(F)F)nc1C. The van der Waals surface area contributed by atoms with E-state index in [2.05, 4.69) is 14.7 Å². The predicted molar refractivity (Wildman–Crippen MR) is 47.7 cm³/mol. The van der Waals surface area contributed by atoms with E-state index in [1.807, 2.05) is 6.92 Å². The van der Waals surface area contributed by atoms with E-state index in [9.17, 15) is 13.2 Å². The van der Waals surface area contributed by atoms with E-state index in [0.717, 1.165) is 12.0 Å². The maximum absolute atomic E-state index is 11.8. The average molecular weight is 220 g/mol. The van der Waals surface area contributed by atoms with Crippen molar-refractivity contribution in [2.24, 2.45) is 0 Å². The normalized spacial score (nSPS) is 11.5. The highest BCUT2D eigenvalue weighted by Crippen LogP contribution is 2.16. The van der Waals surface area contributed by atoms with Gasteiger partial charge in [0.15, 0.2) is 6.61 Å². The van der Waals surface area contributed by atoms with Crippen molar-refractivity contribution in [1.29, 1.82) is 0 Å². The molecule has 0 fully saturated rings. The minimum atomic E-state index is -4.36. The molecule has 1 rings (SSSR count). The number of hydrogen-bond donors (Lipinski definition) is 0. The molecule has 0 amide bonds. The number of aromatic nitrogens is 2. The first kappa shape index (κ1) is 11.7. The Hall–Kier alpha value is -1.33. The second kappa shape index (κ2) is 4.46. The lowest BCUT2D eigenvalue weighted by Gasteiger charge is -2.08. The number of hydrogen-bond acceptors (Lipinski definition) is 3. The fourth-order valence-electron chi connectivity index (χ4n) is 1.03. The second-order valence-electron chi connectivity index (χ2n) is 3.02. The molecule has 0 aliphatic rings. The summed E-state index contributed by atoms with van der Waals surface area (Å²) in [6.45, 7) is 2.26. The number of ether oxygens (including phenoxy) is 1. The summed E-state index contributed by atoms with van der Waals surface area (Å²) in [5, 5.41) is 0. The summed E-state index contributed by atoms with van der Waals surface area (Å²) in [4.78, 5) is 7.49. The van der Waals surface area contributed by atoms with Crippen molar-refractivity contribution in [3.05, 3.63) is 17.5 Å². The highest BCUT2D eigenvalue weighted by atomic mass is 19.4. The van der Waals surface area contributed by atoms with Crippen molar-refractivity contribution in [3.8, 4) is 6.01 Å². The molecule has 0 saturated carbocycles. The predicted octanol–water partition coefficient (Wildman–Crippen LogP) is 2.29. The van der Waals surface area contributed by atoms with E-state index in [1.54, 1.807) is 6.92 Å². The van der Waals surface area contributed by atoms with Crippen LogP contribution in [0.4, 0.5) is 13.2 Å². The molecule has 1 heterocycles. The van der Waals surface area contributed by atoms with E-state index in [1.165, 1.54) is 6.20 Å². The largest absolute Gasteiger partial charge is 0.454 e. The fraction of sp³-hybridized carbons (Fsp3) is 0.556. The highest BCUT2D eigenvalue weighted by molar-refractivity contribution is 5.17. The van der Waals surface area contributed by atoms with Gasteiger partial charge in [0.05, 0.1) is 0 Å². The lowest BCUT2D eigenvalue weighted by molar-refractivity contribution is -0.154. The van der Waals surface area contributed by atoms with Crippen LogP contribution in [0.5, 0.6) is 6.01 Å². The van der Waals surface area contributed by atoms with Crippen LogP contribution in [0.1, 0.15) is 18.2 Å². The Labute approximate surface area is 85.3 Å². The first-order valence-corrected chi connectivity index (χ1v) is 4.44. The number of aryl methyl sites for hydroxylation is 2. The first-order chi connectivity index (χ1) is 6.92. The summed E-state index contributed by atoms with van der Waals surface area (Å²) in [6.07, 6.45) is -2.14. The van der Waals surface area contributed by atoms with Crippen LogP contribution in [-0.4, -0.2) is 22.8 Å². The van der Waals surface area contributed by atoms with Crippen molar-refractivity contribution in [1.82, 2.24) is 9.97 Å². The molecule has 0 bridgehead atoms. The van der Waals surface area contributed by atoms with E-state index in [4.69, 9.17) is 0 Å². The monoisotopic (exact) mass is 220 g/mol. The Morgan fingerprint density at radius 3 is 2.53 bits per heavy atom. The second-order valence-corrected chi connectivity index (χ2v) is 3.02. The standard InChI is InChI=1S/C9H11F3N2O/c1-3-7-4-13-8(14-6(7)2)15-5-9(10,11)12/h4H,3,5H2,1-2H3. The Kier molecular flexibility index (Phi) is 3.49. The third-order valence-corrected chi connectivity index (χ3v) is 1.80. The lowest BCUT2D eigenvalue weighted by Crippen LogP contribution is -2.20. The van der Waals surface area contributed by atoms with E-state index >= 15 is 0 Å². The zero-order valence-corrected chi connectivity index (χ0v) is 8.43. The third kappa shape index (κ3) is 3.73. The Morgan fingerprint density at radius 1 is 1.40 bits per heavy atom. The molecule has 0 saturated heterocycles. The molecule has 6 heteroatoms. The van der Waals surface area contributed by atoms with Crippen LogP contribution in [0.25, 0.3) is 0 Å². The molecule has 84 valence electrons. The van der Waals surface area contributed by atoms with Gasteiger partial charge in [-0.05, 0) is 18.9 Å². The Bertz CT molecular complexity index is 339. The number of nitrogens with zero attached hydrogens (tertiary/aromatic N) is 2. The topological polar surface area (TPSA) is 35.0 Å². The zero-order valence-electron chi connectivity index (χ0n) is 8.43. The molecular weight excluding hydrogens is 209 g/mol. The summed E-state index contributed by atoms with van der Waals surface area (Å²) in [6, 6.07) is -0.234. The molecule has 0 radical (unpaired) electrons. The van der Waals surface area contributed by atoms with Gasteiger partial charge in [-0.2, -0.15) is 13.2 Å². The van der Waals surface area contributed by atoms with Crippen molar-refractivity contribution in [3.63, 3.8) is 0 Å². The minimum Gasteiger partial charge on any atom is -0.454 e. The van der Waals surface area contributed by atoms with Gasteiger partial charge in [0.1, 0.15) is 0 Å². The molecule has 0 aromatic carbocycles. The van der Waals surface area contributed by atoms with Crippen molar-refractivity contribution >= 4 is 0 Å². The summed E-state index contributed by atoms with van der Waals surface area (Å²) >= 11 is 0. The van der Waals surface area contributed by atoms with Crippen LogP contribution in [0.3, 0.4) is 0 Å². The van der Waals surface area contributed by atoms with Crippen LogP contribution in [0.15, 0.2) is 6.20 Å². The lowest BCUT2D eigenvalue weighted by atomic mass is 10.2. The summed E-state index contributed by atoms with van der Waals surface area (Å²) in [7, 11) is 0. The van der Waals surface area contributed by atoms with Crippen molar-refractivity contribution in [2.75, 3.05) is 6.61 Å². The fourth-order valence-corrected chi connectivity index (χ4v) is 1.03. The van der Waals surface area contributed by atoms with E-state index in [0.29, 0.717) is 5.69 Å². The molecular formula is C9H11F3N2O. The molecule has 0 spiro atoms. The maximum atomic E-state index is 11.8. The van der Waals surface area contributed by atoms with Gasteiger partial charge >= 0.3 is 12.2 Å². The van der Waals surface area contributed by atoms with Crippen LogP contribution in [0, 0.1) is 6.92 Å². The highest BCUT2D eigenvalue weighted by Gasteiger charge is 2.28. The molecule has 1 aromatic rings. The molecule has 0 aliphatic carbocycles. The molecule has 0 N–H and O–H groups in total. The summed E-state index contributed by atoms with van der Waals surface area (Å²) in [5.41, 5.74) is 1.54. The Morgan fingerprint density at radius 2 is 2.07 bits per heavy atom. The molecule has 0 aliphatic heterocycles. The smallest absolute Gasteiger partial charge is 0.422 e. The van der Waals surface area contributed by atoms with Gasteiger partial charge in [-0.3, -0.25) is 0 Å². The van der Waals surface area contributed by atoms with Gasteiger partial charge < -0.3 is 4.74 Å². The quantitative estimate of drug-likeness (QED) is 0.783. The van der Waals surface area contributed by atoms with Gasteiger partial charge in [0, 0.05) is 11.9 Å². The molecule has 0 unspecified atom stereocenters. The van der Waals surface area contributed by atoms with Crippen LogP contribution in [0.2, 0.25) is 0 Å². The maximum Gasteiger partial charge on any atom is 0.422 e. The van der Waals surface area contributed by atoms with Gasteiger partial charge in [-0.25, -0.2) is 9.97 Å². The number of rotatable bonds is 3.